The molecular formula is C29H33N7O. The molecule has 2 aliphatic heterocycles. The Balaban J connectivity index is 1.18. The van der Waals surface area contributed by atoms with Crippen LogP contribution in [-0.2, 0) is 6.54 Å². The molecule has 0 aliphatic carbocycles. The number of pyridine rings is 2. The quantitative estimate of drug-likeness (QED) is 0.387. The summed E-state index contributed by atoms with van der Waals surface area (Å²) >= 11 is 0. The highest BCUT2D eigenvalue weighted by atomic mass is 16.1. The van der Waals surface area contributed by atoms with Crippen molar-refractivity contribution in [3.63, 3.8) is 0 Å². The number of aromatic amines is 1. The highest BCUT2D eigenvalue weighted by Crippen LogP contribution is 2.27. The first-order chi connectivity index (χ1) is 18.1. The number of fused-ring (bicyclic) bond motifs is 1. The first-order valence-corrected chi connectivity index (χ1v) is 13.3. The molecular weight excluding hydrogens is 462 g/mol. The summed E-state index contributed by atoms with van der Waals surface area (Å²) in [5.41, 5.74) is 5.11. The molecule has 2 N–H and O–H groups in total. The van der Waals surface area contributed by atoms with Crippen molar-refractivity contribution >= 4 is 28.3 Å². The van der Waals surface area contributed by atoms with Crippen LogP contribution in [0.5, 0.6) is 0 Å². The van der Waals surface area contributed by atoms with Crippen molar-refractivity contribution in [2.24, 2.45) is 5.92 Å². The molecule has 8 nitrogen and oxygen atoms in total. The second kappa shape index (κ2) is 10.3. The molecule has 2 saturated heterocycles. The molecule has 4 aromatic rings. The van der Waals surface area contributed by atoms with Crippen LogP contribution in [0.4, 0.5) is 11.5 Å². The van der Waals surface area contributed by atoms with Crippen LogP contribution >= 0.6 is 0 Å². The fraction of sp³-hybridized carbons (Fsp3) is 0.379. The van der Waals surface area contributed by atoms with Gasteiger partial charge in [0.1, 0.15) is 5.82 Å². The molecule has 1 aromatic carbocycles. The van der Waals surface area contributed by atoms with E-state index in [-0.39, 0.29) is 5.91 Å². The lowest BCUT2D eigenvalue weighted by molar-refractivity contribution is 0.102. The number of benzene rings is 1. The van der Waals surface area contributed by atoms with Gasteiger partial charge in [0, 0.05) is 43.0 Å². The Hall–Kier alpha value is -3.78. The molecule has 8 heteroatoms. The van der Waals surface area contributed by atoms with Gasteiger partial charge in [-0.2, -0.15) is 5.10 Å². The minimum absolute atomic E-state index is 0.259. The van der Waals surface area contributed by atoms with Gasteiger partial charge in [0.05, 0.1) is 17.4 Å². The van der Waals surface area contributed by atoms with Gasteiger partial charge >= 0.3 is 0 Å². The minimum atomic E-state index is -0.259. The van der Waals surface area contributed by atoms with Crippen molar-refractivity contribution in [1.29, 1.82) is 0 Å². The monoisotopic (exact) mass is 495 g/mol. The fourth-order valence-corrected chi connectivity index (χ4v) is 5.37. The van der Waals surface area contributed by atoms with E-state index in [0.29, 0.717) is 11.4 Å². The SMILES string of the molecule is CC1CCN(c2ccc(NC(=O)c3n[nH]c4ccc(-c5cncc(CN6CCCC6)c5)cc34)cn2)CC1. The zero-order chi connectivity index (χ0) is 25.2. The highest BCUT2D eigenvalue weighted by Gasteiger charge is 2.19. The molecule has 190 valence electrons. The van der Waals surface area contributed by atoms with E-state index in [2.05, 4.69) is 48.3 Å². The van der Waals surface area contributed by atoms with Crippen molar-refractivity contribution in [2.75, 3.05) is 36.4 Å². The van der Waals surface area contributed by atoms with E-state index in [9.17, 15) is 4.79 Å². The maximum Gasteiger partial charge on any atom is 0.276 e. The average molecular weight is 496 g/mol. The number of amides is 1. The van der Waals surface area contributed by atoms with Gasteiger partial charge < -0.3 is 10.2 Å². The Bertz CT molecular complexity index is 1380. The summed E-state index contributed by atoms with van der Waals surface area (Å²) in [6.45, 7) is 7.58. The summed E-state index contributed by atoms with van der Waals surface area (Å²) in [5.74, 6) is 1.47. The van der Waals surface area contributed by atoms with Crippen LogP contribution in [0.1, 0.15) is 48.7 Å². The average Bonchev–Trinajstić information content (AvgIpc) is 3.59. The number of hydrogen-bond acceptors (Lipinski definition) is 6. The highest BCUT2D eigenvalue weighted by molar-refractivity contribution is 6.11. The molecule has 3 aromatic heterocycles. The Labute approximate surface area is 217 Å². The van der Waals surface area contributed by atoms with E-state index in [0.717, 1.165) is 66.5 Å². The normalized spacial score (nSPS) is 16.9. The maximum atomic E-state index is 13.2. The van der Waals surface area contributed by atoms with Crippen molar-refractivity contribution in [3.8, 4) is 11.1 Å². The zero-order valence-corrected chi connectivity index (χ0v) is 21.3. The number of anilines is 2. The third-order valence-corrected chi connectivity index (χ3v) is 7.62. The van der Waals surface area contributed by atoms with E-state index in [1.807, 2.05) is 42.7 Å². The van der Waals surface area contributed by atoms with Crippen LogP contribution in [0, 0.1) is 5.92 Å². The van der Waals surface area contributed by atoms with Gasteiger partial charge in [0.25, 0.3) is 5.91 Å². The van der Waals surface area contributed by atoms with Gasteiger partial charge in [0.15, 0.2) is 5.69 Å². The van der Waals surface area contributed by atoms with E-state index in [1.54, 1.807) is 6.20 Å². The number of carbonyl (C=O) groups excluding carboxylic acids is 1. The first kappa shape index (κ1) is 23.6. The van der Waals surface area contributed by atoms with Gasteiger partial charge in [-0.3, -0.25) is 19.8 Å². The Morgan fingerprint density at radius 1 is 1.00 bits per heavy atom. The van der Waals surface area contributed by atoms with Gasteiger partial charge in [-0.15, -0.1) is 0 Å². The lowest BCUT2D eigenvalue weighted by Crippen LogP contribution is -2.33. The van der Waals surface area contributed by atoms with E-state index < -0.39 is 0 Å². The maximum absolute atomic E-state index is 13.2. The van der Waals surface area contributed by atoms with Gasteiger partial charge in [0.2, 0.25) is 0 Å². The minimum Gasteiger partial charge on any atom is -0.357 e. The number of likely N-dealkylation sites (tertiary alicyclic amines) is 1. The molecule has 2 aliphatic rings. The summed E-state index contributed by atoms with van der Waals surface area (Å²) < 4.78 is 0. The second-order valence-corrected chi connectivity index (χ2v) is 10.4. The van der Waals surface area contributed by atoms with Crippen molar-refractivity contribution < 1.29 is 4.79 Å². The number of aromatic nitrogens is 4. The number of carbonyl (C=O) groups is 1. The molecule has 0 atom stereocenters. The van der Waals surface area contributed by atoms with Crippen molar-refractivity contribution in [2.45, 2.75) is 39.2 Å². The third-order valence-electron chi connectivity index (χ3n) is 7.62. The molecule has 2 fully saturated rings. The summed E-state index contributed by atoms with van der Waals surface area (Å²) in [7, 11) is 0. The number of nitrogens with zero attached hydrogens (tertiary/aromatic N) is 5. The topological polar surface area (TPSA) is 90.0 Å². The van der Waals surface area contributed by atoms with Crippen molar-refractivity contribution in [3.05, 3.63) is 66.2 Å². The molecule has 0 bridgehead atoms. The number of piperidine rings is 1. The Morgan fingerprint density at radius 3 is 2.62 bits per heavy atom. The summed E-state index contributed by atoms with van der Waals surface area (Å²) in [6, 6.07) is 12.1. The van der Waals surface area contributed by atoms with Crippen LogP contribution in [-0.4, -0.2) is 57.2 Å². The van der Waals surface area contributed by atoms with Crippen LogP contribution in [0.15, 0.2) is 55.0 Å². The van der Waals surface area contributed by atoms with Crippen LogP contribution in [0.2, 0.25) is 0 Å². The van der Waals surface area contributed by atoms with Crippen molar-refractivity contribution in [1.82, 2.24) is 25.1 Å². The van der Waals surface area contributed by atoms with Crippen LogP contribution in [0.3, 0.4) is 0 Å². The predicted molar refractivity (Wildman–Crippen MR) is 147 cm³/mol. The molecule has 6 rings (SSSR count). The summed E-state index contributed by atoms with van der Waals surface area (Å²) in [6.07, 6.45) is 10.5. The number of hydrogen-bond donors (Lipinski definition) is 2. The van der Waals surface area contributed by atoms with Crippen LogP contribution < -0.4 is 10.2 Å². The number of H-pyrrole nitrogens is 1. The van der Waals surface area contributed by atoms with Crippen LogP contribution in [0.25, 0.3) is 22.0 Å². The van der Waals surface area contributed by atoms with E-state index in [1.165, 1.54) is 31.2 Å². The molecule has 0 radical (unpaired) electrons. The second-order valence-electron chi connectivity index (χ2n) is 10.4. The van der Waals surface area contributed by atoms with Gasteiger partial charge in [-0.05, 0) is 86.1 Å². The number of nitrogens with one attached hydrogen (secondary N) is 2. The third kappa shape index (κ3) is 5.20. The summed E-state index contributed by atoms with van der Waals surface area (Å²) in [5, 5.41) is 11.1. The molecule has 1 amide bonds. The van der Waals surface area contributed by atoms with E-state index >= 15 is 0 Å². The van der Waals surface area contributed by atoms with E-state index in [4.69, 9.17) is 0 Å². The van der Waals surface area contributed by atoms with Gasteiger partial charge in [-0.1, -0.05) is 13.0 Å². The Morgan fingerprint density at radius 2 is 1.84 bits per heavy atom. The molecule has 0 saturated carbocycles. The largest absolute Gasteiger partial charge is 0.357 e. The first-order valence-electron chi connectivity index (χ1n) is 13.3. The number of rotatable bonds is 6. The smallest absolute Gasteiger partial charge is 0.276 e. The molecule has 5 heterocycles. The standard InChI is InChI=1S/C29H33N7O/c1-20-8-12-36(13-9-20)27-7-5-24(18-31-27)32-29(37)28-25-15-22(4-6-26(25)33-34-28)23-14-21(16-30-17-23)19-35-10-2-3-11-35/h4-7,14-18,20H,2-3,8-13,19H2,1H3,(H,32,37)(H,33,34). The predicted octanol–water partition coefficient (Wildman–Crippen LogP) is 5.10. The van der Waals surface area contributed by atoms with Gasteiger partial charge in [-0.25, -0.2) is 4.98 Å². The lowest BCUT2D eigenvalue weighted by atomic mass is 9.99. The lowest BCUT2D eigenvalue weighted by Gasteiger charge is -2.31. The molecule has 37 heavy (non-hydrogen) atoms. The molecule has 0 spiro atoms. The fourth-order valence-electron chi connectivity index (χ4n) is 5.37. The molecule has 0 unspecified atom stereocenters. The summed E-state index contributed by atoms with van der Waals surface area (Å²) in [4.78, 5) is 27.0. The zero-order valence-electron chi connectivity index (χ0n) is 21.3. The Kier molecular flexibility index (Phi) is 6.57.